The zero-order valence-electron chi connectivity index (χ0n) is 28.9. The fourth-order valence-electron chi connectivity index (χ4n) is 7.01. The lowest BCUT2D eigenvalue weighted by molar-refractivity contribution is 0.108. The van der Waals surface area contributed by atoms with Crippen LogP contribution in [0.3, 0.4) is 0 Å². The molecule has 0 saturated carbocycles. The maximum absolute atomic E-state index is 6.05. The third kappa shape index (κ3) is 7.89. The molecule has 5 nitrogen and oxygen atoms in total. The van der Waals surface area contributed by atoms with E-state index < -0.39 is 0 Å². The van der Waals surface area contributed by atoms with Crippen molar-refractivity contribution in [3.05, 3.63) is 173 Å². The number of anilines is 3. The van der Waals surface area contributed by atoms with Gasteiger partial charge in [-0.15, -0.1) is 0 Å². The maximum Gasteiger partial charge on any atom is 0.145 e. The van der Waals surface area contributed by atoms with Gasteiger partial charge in [0.15, 0.2) is 0 Å². The smallest absolute Gasteiger partial charge is 0.145 e. The number of aryl methyl sites for hydroxylation is 2. The number of para-hydroxylation sites is 1. The van der Waals surface area contributed by atoms with Crippen LogP contribution in [0.2, 0.25) is 0 Å². The van der Waals surface area contributed by atoms with E-state index in [9.17, 15) is 0 Å². The Balaban J connectivity index is 1.09. The molecule has 1 atom stereocenters. The number of benzene rings is 5. The van der Waals surface area contributed by atoms with Crippen molar-refractivity contribution in [2.75, 3.05) is 24.7 Å². The third-order valence-electron chi connectivity index (χ3n) is 9.76. The number of rotatable bonds is 12. The average Bonchev–Trinajstić information content (AvgIpc) is 3.92. The summed E-state index contributed by atoms with van der Waals surface area (Å²) in [6.07, 6.45) is 14.9. The Labute approximate surface area is 301 Å². The van der Waals surface area contributed by atoms with Crippen LogP contribution in [0.1, 0.15) is 53.5 Å². The highest BCUT2D eigenvalue weighted by molar-refractivity contribution is 5.92. The van der Waals surface area contributed by atoms with Crippen molar-refractivity contribution in [3.63, 3.8) is 0 Å². The summed E-state index contributed by atoms with van der Waals surface area (Å²) in [7, 11) is 0. The highest BCUT2D eigenvalue weighted by atomic mass is 16.5. The van der Waals surface area contributed by atoms with E-state index in [1.54, 1.807) is 6.26 Å². The molecule has 0 amide bonds. The second-order valence-corrected chi connectivity index (χ2v) is 13.3. The van der Waals surface area contributed by atoms with Crippen molar-refractivity contribution < 1.29 is 18.9 Å². The number of nitrogens with zero attached hydrogens (tertiary/aromatic N) is 1. The molecule has 2 aliphatic heterocycles. The fraction of sp³-hybridized carbons (Fsp3) is 0.217. The van der Waals surface area contributed by atoms with Gasteiger partial charge in [-0.05, 0) is 138 Å². The Morgan fingerprint density at radius 1 is 0.706 bits per heavy atom. The summed E-state index contributed by atoms with van der Waals surface area (Å²) in [5.41, 5.74) is 10.9. The van der Waals surface area contributed by atoms with Crippen LogP contribution >= 0.6 is 0 Å². The summed E-state index contributed by atoms with van der Waals surface area (Å²) in [5.74, 6) is 2.54. The van der Waals surface area contributed by atoms with Crippen LogP contribution in [0, 0.1) is 0 Å². The molecule has 0 aromatic heterocycles. The van der Waals surface area contributed by atoms with Gasteiger partial charge in [0, 0.05) is 29.9 Å². The van der Waals surface area contributed by atoms with Crippen LogP contribution in [-0.2, 0) is 22.3 Å². The SMILES string of the molecule is C1=COC(COc2ccc(C(=Cc3ccc(N(c4ccccc4)c4ccc5c(c4)CCCC5)cc3)c3ccc(OCC4=CCCO4)cc3)cc2)C1. The summed E-state index contributed by atoms with van der Waals surface area (Å²) in [6.45, 7) is 1.71. The Bertz CT molecular complexity index is 2000. The molecule has 0 N–H and O–H groups in total. The number of fused-ring (bicyclic) bond motifs is 1. The van der Waals surface area contributed by atoms with Gasteiger partial charge in [-0.3, -0.25) is 0 Å². The average molecular weight is 674 g/mol. The van der Waals surface area contributed by atoms with Gasteiger partial charge in [-0.1, -0.05) is 60.7 Å². The predicted octanol–water partition coefficient (Wildman–Crippen LogP) is 11.0. The molecular weight excluding hydrogens is 631 g/mol. The molecule has 51 heavy (non-hydrogen) atoms. The molecule has 1 aliphatic carbocycles. The lowest BCUT2D eigenvalue weighted by atomic mass is 9.91. The van der Waals surface area contributed by atoms with Gasteiger partial charge >= 0.3 is 0 Å². The maximum atomic E-state index is 6.05. The van der Waals surface area contributed by atoms with Crippen molar-refractivity contribution >= 4 is 28.7 Å². The van der Waals surface area contributed by atoms with Gasteiger partial charge in [0.2, 0.25) is 0 Å². The molecule has 0 spiro atoms. The van der Waals surface area contributed by atoms with Gasteiger partial charge < -0.3 is 23.8 Å². The van der Waals surface area contributed by atoms with E-state index in [0.29, 0.717) is 13.2 Å². The molecular formula is C46H43NO4. The van der Waals surface area contributed by atoms with Gasteiger partial charge in [0.25, 0.3) is 0 Å². The second kappa shape index (κ2) is 15.5. The highest BCUT2D eigenvalue weighted by Crippen LogP contribution is 2.37. The van der Waals surface area contributed by atoms with Crippen molar-refractivity contribution in [2.45, 2.75) is 44.6 Å². The van der Waals surface area contributed by atoms with Crippen molar-refractivity contribution in [1.29, 1.82) is 0 Å². The summed E-state index contributed by atoms with van der Waals surface area (Å²) in [6, 6.07) is 43.2. The molecule has 2 heterocycles. The van der Waals surface area contributed by atoms with Crippen molar-refractivity contribution in [2.24, 2.45) is 0 Å². The van der Waals surface area contributed by atoms with Crippen LogP contribution < -0.4 is 14.4 Å². The van der Waals surface area contributed by atoms with Crippen LogP contribution in [0.25, 0.3) is 11.6 Å². The zero-order chi connectivity index (χ0) is 34.2. The normalized spacial score (nSPS) is 16.5. The first kappa shape index (κ1) is 32.5. The van der Waals surface area contributed by atoms with Gasteiger partial charge in [-0.2, -0.15) is 0 Å². The molecule has 3 aliphatic rings. The topological polar surface area (TPSA) is 40.2 Å². The molecule has 5 aromatic rings. The van der Waals surface area contributed by atoms with Crippen LogP contribution in [0.15, 0.2) is 146 Å². The lowest BCUT2D eigenvalue weighted by Gasteiger charge is -2.27. The summed E-state index contributed by atoms with van der Waals surface area (Å²) in [4.78, 5) is 2.36. The number of ether oxygens (including phenoxy) is 4. The van der Waals surface area contributed by atoms with E-state index in [1.807, 2.05) is 30.3 Å². The Hall–Kier alpha value is -5.68. The van der Waals surface area contributed by atoms with Gasteiger partial charge in [0.1, 0.15) is 36.6 Å². The van der Waals surface area contributed by atoms with E-state index >= 15 is 0 Å². The Morgan fingerprint density at radius 3 is 2.08 bits per heavy atom. The number of hydrogen-bond donors (Lipinski definition) is 0. The van der Waals surface area contributed by atoms with E-state index in [0.717, 1.165) is 76.8 Å². The standard InChI is InChI=1S/C46H43NO4/c1-2-10-39(11-3-1)47(41-23-16-35-8-4-5-9-38(35)31-41)40-21-14-34(15-22-40)30-46(36-17-24-42(25-18-36)50-32-44-12-6-28-48-44)37-19-26-43(27-20-37)51-33-45-13-7-29-49-45/h1-3,6,10-11,13-28,30-31,44H,4-5,7-9,12,29,32-33H2. The van der Waals surface area contributed by atoms with Crippen molar-refractivity contribution in [3.8, 4) is 11.5 Å². The predicted molar refractivity (Wildman–Crippen MR) is 206 cm³/mol. The lowest BCUT2D eigenvalue weighted by Crippen LogP contribution is -2.16. The minimum atomic E-state index is 0.0745. The fourth-order valence-corrected chi connectivity index (χ4v) is 7.01. The largest absolute Gasteiger partial charge is 0.494 e. The number of hydrogen-bond acceptors (Lipinski definition) is 5. The molecule has 256 valence electrons. The minimum Gasteiger partial charge on any atom is -0.494 e. The molecule has 5 aromatic carbocycles. The van der Waals surface area contributed by atoms with Crippen molar-refractivity contribution in [1.82, 2.24) is 0 Å². The van der Waals surface area contributed by atoms with E-state index in [1.165, 1.54) is 36.1 Å². The summed E-state index contributed by atoms with van der Waals surface area (Å²) >= 11 is 0. The highest BCUT2D eigenvalue weighted by Gasteiger charge is 2.17. The molecule has 0 fully saturated rings. The van der Waals surface area contributed by atoms with Crippen LogP contribution in [0.4, 0.5) is 17.1 Å². The summed E-state index contributed by atoms with van der Waals surface area (Å²) in [5, 5.41) is 0. The minimum absolute atomic E-state index is 0.0745. The molecule has 1 unspecified atom stereocenters. The monoisotopic (exact) mass is 673 g/mol. The van der Waals surface area contributed by atoms with Gasteiger partial charge in [-0.25, -0.2) is 0 Å². The molecule has 0 radical (unpaired) electrons. The third-order valence-corrected chi connectivity index (χ3v) is 9.76. The molecule has 8 rings (SSSR count). The van der Waals surface area contributed by atoms with Gasteiger partial charge in [0.05, 0.1) is 12.9 Å². The first-order valence-electron chi connectivity index (χ1n) is 18.1. The van der Waals surface area contributed by atoms with Crippen LogP contribution in [0.5, 0.6) is 11.5 Å². The first-order valence-corrected chi connectivity index (χ1v) is 18.1. The molecule has 5 heteroatoms. The van der Waals surface area contributed by atoms with E-state index in [2.05, 4.69) is 114 Å². The Kier molecular flexibility index (Phi) is 9.87. The summed E-state index contributed by atoms with van der Waals surface area (Å²) < 4.78 is 23.3. The molecule has 0 saturated heterocycles. The first-order chi connectivity index (χ1) is 25.2. The Morgan fingerprint density at radius 2 is 1.39 bits per heavy atom. The van der Waals surface area contributed by atoms with E-state index in [-0.39, 0.29) is 6.10 Å². The second-order valence-electron chi connectivity index (χ2n) is 13.3. The quantitative estimate of drug-likeness (QED) is 0.123. The molecule has 0 bridgehead atoms. The van der Waals surface area contributed by atoms with E-state index in [4.69, 9.17) is 18.9 Å². The zero-order valence-corrected chi connectivity index (χ0v) is 28.9. The van der Waals surface area contributed by atoms with Crippen LogP contribution in [-0.4, -0.2) is 25.9 Å².